The molecule has 0 saturated carbocycles. The number of amides is 1. The smallest absolute Gasteiger partial charge is 0.267 e. The molecule has 2 aromatic rings. The number of aliphatic hydroxyl groups excluding tert-OH is 1. The number of methoxy groups -OCH3 is 1. The number of aromatic nitrogens is 1. The van der Waals surface area contributed by atoms with E-state index in [0.29, 0.717) is 25.3 Å². The number of hydrogen-bond acceptors (Lipinski definition) is 6. The lowest BCUT2D eigenvalue weighted by atomic mass is 10.1. The Balaban J connectivity index is 1.90. The van der Waals surface area contributed by atoms with Gasteiger partial charge in [0.15, 0.2) is 6.10 Å². The molecule has 0 bridgehead atoms. The number of thiazole rings is 1. The van der Waals surface area contributed by atoms with E-state index >= 15 is 0 Å². The van der Waals surface area contributed by atoms with Crippen molar-refractivity contribution in [1.29, 1.82) is 0 Å². The van der Waals surface area contributed by atoms with E-state index in [1.807, 2.05) is 23.6 Å². The van der Waals surface area contributed by atoms with Crippen LogP contribution in [0.3, 0.4) is 0 Å². The van der Waals surface area contributed by atoms with Crippen LogP contribution in [0.15, 0.2) is 23.6 Å². The number of nitrogens with zero attached hydrogens (tertiary/aromatic N) is 2. The maximum Gasteiger partial charge on any atom is 0.267 e. The molecular weight excluding hydrogens is 340 g/mol. The molecular formula is C18H22N2O4S. The van der Waals surface area contributed by atoms with Gasteiger partial charge in [0, 0.05) is 37.6 Å². The van der Waals surface area contributed by atoms with Crippen LogP contribution in [0.2, 0.25) is 0 Å². The maximum atomic E-state index is 12.5. The summed E-state index contributed by atoms with van der Waals surface area (Å²) >= 11 is 1.60. The minimum atomic E-state index is -0.517. The SMILES string of the molecule is COCCc1nc(-c2ccc3c(c2)N(CCCO)C(=O)C(C)O3)cs1. The lowest BCUT2D eigenvalue weighted by molar-refractivity contribution is -0.125. The molecule has 7 heteroatoms. The van der Waals surface area contributed by atoms with Crippen molar-refractivity contribution in [3.05, 3.63) is 28.6 Å². The van der Waals surface area contributed by atoms with Gasteiger partial charge in [-0.15, -0.1) is 11.3 Å². The van der Waals surface area contributed by atoms with Crippen LogP contribution in [0.1, 0.15) is 18.4 Å². The summed E-state index contributed by atoms with van der Waals surface area (Å²) in [6.45, 7) is 2.90. The average molecular weight is 362 g/mol. The van der Waals surface area contributed by atoms with Crippen molar-refractivity contribution in [2.24, 2.45) is 0 Å². The second-order valence-electron chi connectivity index (χ2n) is 5.88. The summed E-state index contributed by atoms with van der Waals surface area (Å²) in [5.41, 5.74) is 2.56. The van der Waals surface area contributed by atoms with Gasteiger partial charge in [-0.1, -0.05) is 0 Å². The summed E-state index contributed by atoms with van der Waals surface area (Å²) in [5.74, 6) is 0.598. The highest BCUT2D eigenvalue weighted by Gasteiger charge is 2.31. The summed E-state index contributed by atoms with van der Waals surface area (Å²) in [4.78, 5) is 18.8. The average Bonchev–Trinajstić information content (AvgIpc) is 3.09. The van der Waals surface area contributed by atoms with E-state index in [0.717, 1.165) is 28.4 Å². The summed E-state index contributed by atoms with van der Waals surface area (Å²) in [7, 11) is 1.68. The molecule has 3 rings (SSSR count). The first-order valence-corrected chi connectivity index (χ1v) is 9.18. The van der Waals surface area contributed by atoms with Gasteiger partial charge >= 0.3 is 0 Å². The molecule has 1 aromatic carbocycles. The molecule has 2 heterocycles. The number of rotatable bonds is 7. The Morgan fingerprint density at radius 1 is 1.44 bits per heavy atom. The van der Waals surface area contributed by atoms with E-state index in [-0.39, 0.29) is 12.5 Å². The standard InChI is InChI=1S/C18H22N2O4S/c1-12-18(22)20(7-3-8-21)15-10-13(4-5-16(15)24-12)14-11-25-17(19-14)6-9-23-2/h4-5,10-12,21H,3,6-9H2,1-2H3. The van der Waals surface area contributed by atoms with Crippen LogP contribution in [0.5, 0.6) is 5.75 Å². The first-order valence-electron chi connectivity index (χ1n) is 8.30. The van der Waals surface area contributed by atoms with Crippen molar-refractivity contribution in [3.63, 3.8) is 0 Å². The summed E-state index contributed by atoms with van der Waals surface area (Å²) in [6, 6.07) is 5.78. The fourth-order valence-corrected chi connectivity index (χ4v) is 3.56. The topological polar surface area (TPSA) is 71.9 Å². The lowest BCUT2D eigenvalue weighted by Crippen LogP contribution is -2.45. The fraction of sp³-hybridized carbons (Fsp3) is 0.444. The van der Waals surface area contributed by atoms with Gasteiger partial charge in [-0.3, -0.25) is 4.79 Å². The zero-order valence-corrected chi connectivity index (χ0v) is 15.2. The lowest BCUT2D eigenvalue weighted by Gasteiger charge is -2.33. The first kappa shape index (κ1) is 17.8. The van der Waals surface area contributed by atoms with Crippen molar-refractivity contribution in [2.45, 2.75) is 25.9 Å². The van der Waals surface area contributed by atoms with Gasteiger partial charge in [-0.2, -0.15) is 0 Å². The molecule has 0 fully saturated rings. The second kappa shape index (κ2) is 7.95. The Labute approximate surface area is 151 Å². The van der Waals surface area contributed by atoms with Crippen LogP contribution in [-0.2, 0) is 16.0 Å². The Hall–Kier alpha value is -1.96. The van der Waals surface area contributed by atoms with E-state index in [1.165, 1.54) is 0 Å². The van der Waals surface area contributed by atoms with Crippen molar-refractivity contribution < 1.29 is 19.4 Å². The first-order chi connectivity index (χ1) is 12.1. The molecule has 0 radical (unpaired) electrons. The molecule has 0 aliphatic carbocycles. The highest BCUT2D eigenvalue weighted by atomic mass is 32.1. The third-order valence-corrected chi connectivity index (χ3v) is 4.98. The summed E-state index contributed by atoms with van der Waals surface area (Å²) in [6.07, 6.45) is 0.797. The number of aliphatic hydroxyl groups is 1. The molecule has 1 aromatic heterocycles. The third-order valence-electron chi connectivity index (χ3n) is 4.07. The van der Waals surface area contributed by atoms with Gasteiger partial charge in [0.1, 0.15) is 5.75 Å². The molecule has 0 saturated heterocycles. The van der Waals surface area contributed by atoms with Gasteiger partial charge in [-0.05, 0) is 31.5 Å². The van der Waals surface area contributed by atoms with E-state index in [2.05, 4.69) is 4.98 Å². The van der Waals surface area contributed by atoms with Crippen LogP contribution < -0.4 is 9.64 Å². The van der Waals surface area contributed by atoms with Gasteiger partial charge in [0.05, 0.1) is 23.0 Å². The van der Waals surface area contributed by atoms with Gasteiger partial charge in [0.25, 0.3) is 5.91 Å². The predicted molar refractivity (Wildman–Crippen MR) is 97.3 cm³/mol. The highest BCUT2D eigenvalue weighted by molar-refractivity contribution is 7.09. The minimum absolute atomic E-state index is 0.0446. The van der Waals surface area contributed by atoms with Crippen LogP contribution in [0.4, 0.5) is 5.69 Å². The number of carbonyl (C=O) groups excluding carboxylic acids is 1. The van der Waals surface area contributed by atoms with Gasteiger partial charge < -0.3 is 19.5 Å². The molecule has 1 aliphatic heterocycles. The molecule has 134 valence electrons. The molecule has 1 atom stereocenters. The predicted octanol–water partition coefficient (Wildman–Crippen LogP) is 2.50. The van der Waals surface area contributed by atoms with Crippen molar-refractivity contribution in [2.75, 3.05) is 31.8 Å². The minimum Gasteiger partial charge on any atom is -0.479 e. The molecule has 6 nitrogen and oxygen atoms in total. The number of ether oxygens (including phenoxy) is 2. The number of hydrogen-bond donors (Lipinski definition) is 1. The molecule has 1 N–H and O–H groups in total. The van der Waals surface area contributed by atoms with E-state index in [4.69, 9.17) is 14.6 Å². The number of benzene rings is 1. The Kier molecular flexibility index (Phi) is 5.67. The quantitative estimate of drug-likeness (QED) is 0.819. The van der Waals surface area contributed by atoms with E-state index < -0.39 is 6.10 Å². The van der Waals surface area contributed by atoms with Gasteiger partial charge in [-0.25, -0.2) is 4.98 Å². The zero-order valence-electron chi connectivity index (χ0n) is 14.4. The Morgan fingerprint density at radius 3 is 3.04 bits per heavy atom. The second-order valence-corrected chi connectivity index (χ2v) is 6.82. The van der Waals surface area contributed by atoms with Crippen molar-refractivity contribution in [3.8, 4) is 17.0 Å². The Bertz CT molecular complexity index is 746. The summed E-state index contributed by atoms with van der Waals surface area (Å²) < 4.78 is 10.8. The van der Waals surface area contributed by atoms with Crippen molar-refractivity contribution >= 4 is 22.9 Å². The maximum absolute atomic E-state index is 12.5. The Morgan fingerprint density at radius 2 is 2.28 bits per heavy atom. The van der Waals surface area contributed by atoms with E-state index in [9.17, 15) is 4.79 Å². The number of carbonyl (C=O) groups is 1. The number of anilines is 1. The fourth-order valence-electron chi connectivity index (χ4n) is 2.77. The normalized spacial score (nSPS) is 16.7. The van der Waals surface area contributed by atoms with Gasteiger partial charge in [0.2, 0.25) is 0 Å². The van der Waals surface area contributed by atoms with Crippen molar-refractivity contribution in [1.82, 2.24) is 4.98 Å². The summed E-state index contributed by atoms with van der Waals surface area (Å²) in [5, 5.41) is 12.1. The largest absolute Gasteiger partial charge is 0.479 e. The molecule has 1 unspecified atom stereocenters. The van der Waals surface area contributed by atoms with Crippen LogP contribution in [0, 0.1) is 0 Å². The monoisotopic (exact) mass is 362 g/mol. The molecule has 1 aliphatic rings. The third kappa shape index (κ3) is 3.84. The molecule has 0 spiro atoms. The van der Waals surface area contributed by atoms with E-state index in [1.54, 1.807) is 30.3 Å². The van der Waals surface area contributed by atoms with Crippen LogP contribution >= 0.6 is 11.3 Å². The zero-order chi connectivity index (χ0) is 17.8. The molecule has 25 heavy (non-hydrogen) atoms. The van der Waals surface area contributed by atoms with Crippen LogP contribution in [-0.4, -0.2) is 49.0 Å². The van der Waals surface area contributed by atoms with Crippen LogP contribution in [0.25, 0.3) is 11.3 Å². The molecule has 1 amide bonds. The highest BCUT2D eigenvalue weighted by Crippen LogP contribution is 2.37. The number of fused-ring (bicyclic) bond motifs is 1.